The summed E-state index contributed by atoms with van der Waals surface area (Å²) in [6, 6.07) is 3.79. The van der Waals surface area contributed by atoms with E-state index in [1.807, 2.05) is 31.3 Å². The van der Waals surface area contributed by atoms with Crippen LogP contribution < -0.4 is 5.56 Å². The van der Waals surface area contributed by atoms with Crippen LogP contribution in [0.25, 0.3) is 0 Å². The minimum Gasteiger partial charge on any atom is -0.315 e. The van der Waals surface area contributed by atoms with Gasteiger partial charge in [-0.05, 0) is 32.3 Å². The van der Waals surface area contributed by atoms with Crippen LogP contribution in [0, 0.1) is 6.92 Å². The molecule has 82 valence electrons. The van der Waals surface area contributed by atoms with E-state index in [0.29, 0.717) is 0 Å². The van der Waals surface area contributed by atoms with Gasteiger partial charge >= 0.3 is 0 Å². The van der Waals surface area contributed by atoms with Crippen molar-refractivity contribution in [3.63, 3.8) is 0 Å². The van der Waals surface area contributed by atoms with Gasteiger partial charge in [0.05, 0.1) is 0 Å². The van der Waals surface area contributed by atoms with E-state index in [9.17, 15) is 4.79 Å². The van der Waals surface area contributed by atoms with Crippen LogP contribution in [0.4, 0.5) is 0 Å². The van der Waals surface area contributed by atoms with Gasteiger partial charge in [-0.3, -0.25) is 4.79 Å². The van der Waals surface area contributed by atoms with E-state index in [1.165, 1.54) is 6.42 Å². The average molecular weight is 205 g/mol. The van der Waals surface area contributed by atoms with Gasteiger partial charge in [0.25, 0.3) is 5.56 Å². The molecule has 15 heavy (non-hydrogen) atoms. The van der Waals surface area contributed by atoms with E-state index < -0.39 is 0 Å². The summed E-state index contributed by atoms with van der Waals surface area (Å²) in [6.07, 6.45) is 8.28. The lowest BCUT2D eigenvalue weighted by Crippen LogP contribution is -2.21. The van der Waals surface area contributed by atoms with Gasteiger partial charge in [-0.25, -0.2) is 0 Å². The molecule has 0 saturated carbocycles. The third-order valence-electron chi connectivity index (χ3n) is 2.52. The Morgan fingerprint density at radius 3 is 2.93 bits per heavy atom. The molecule has 2 heteroatoms. The highest BCUT2D eigenvalue weighted by Crippen LogP contribution is 2.01. The first-order chi connectivity index (χ1) is 7.25. The molecule has 0 spiro atoms. The van der Waals surface area contributed by atoms with Gasteiger partial charge < -0.3 is 4.57 Å². The Kier molecular flexibility index (Phi) is 4.88. The summed E-state index contributed by atoms with van der Waals surface area (Å²) in [4.78, 5) is 11.6. The fraction of sp³-hybridized carbons (Fsp3) is 0.462. The lowest BCUT2D eigenvalue weighted by atomic mass is 10.2. The second kappa shape index (κ2) is 6.23. The van der Waals surface area contributed by atoms with Gasteiger partial charge in [-0.2, -0.15) is 0 Å². The molecule has 0 fully saturated rings. The van der Waals surface area contributed by atoms with Crippen molar-refractivity contribution in [2.75, 3.05) is 0 Å². The van der Waals surface area contributed by atoms with E-state index in [2.05, 4.69) is 6.58 Å². The molecule has 1 aromatic heterocycles. The molecule has 0 unspecified atom stereocenters. The summed E-state index contributed by atoms with van der Waals surface area (Å²) in [5, 5.41) is 0. The minimum absolute atomic E-state index is 0.140. The Hall–Kier alpha value is -1.31. The smallest absolute Gasteiger partial charge is 0.253 e. The summed E-state index contributed by atoms with van der Waals surface area (Å²) in [7, 11) is 0. The van der Waals surface area contributed by atoms with Crippen LogP contribution in [0.1, 0.15) is 31.2 Å². The van der Waals surface area contributed by atoms with E-state index in [-0.39, 0.29) is 5.56 Å². The molecule has 0 aliphatic carbocycles. The molecule has 0 N–H and O–H groups in total. The maximum atomic E-state index is 11.6. The second-order valence-corrected chi connectivity index (χ2v) is 3.83. The van der Waals surface area contributed by atoms with Crippen LogP contribution in [0.15, 0.2) is 35.8 Å². The predicted octanol–water partition coefficient (Wildman–Crippen LogP) is 2.90. The largest absolute Gasteiger partial charge is 0.315 e. The van der Waals surface area contributed by atoms with Crippen molar-refractivity contribution in [1.29, 1.82) is 0 Å². The summed E-state index contributed by atoms with van der Waals surface area (Å²) in [5.41, 5.74) is 0.963. The monoisotopic (exact) mass is 205 g/mol. The normalized spacial score (nSPS) is 10.2. The Bertz CT molecular complexity index is 365. The van der Waals surface area contributed by atoms with Gasteiger partial charge in [0.2, 0.25) is 0 Å². The number of hydrogen-bond acceptors (Lipinski definition) is 1. The summed E-state index contributed by atoms with van der Waals surface area (Å²) in [6.45, 7) is 6.38. The quantitative estimate of drug-likeness (QED) is 0.517. The topological polar surface area (TPSA) is 22.0 Å². The zero-order valence-electron chi connectivity index (χ0n) is 9.41. The number of aryl methyl sites for hydroxylation is 2. The lowest BCUT2D eigenvalue weighted by Gasteiger charge is -2.05. The maximum absolute atomic E-state index is 11.6. The van der Waals surface area contributed by atoms with Crippen molar-refractivity contribution >= 4 is 0 Å². The van der Waals surface area contributed by atoms with Crippen molar-refractivity contribution in [2.24, 2.45) is 0 Å². The average Bonchev–Trinajstić information content (AvgIpc) is 2.24. The highest BCUT2D eigenvalue weighted by Gasteiger charge is 1.97. The lowest BCUT2D eigenvalue weighted by molar-refractivity contribution is 0.576. The molecule has 0 atom stereocenters. The van der Waals surface area contributed by atoms with Gasteiger partial charge in [0.1, 0.15) is 0 Å². The number of allylic oxidation sites excluding steroid dienone is 1. The van der Waals surface area contributed by atoms with Gasteiger partial charge in [0, 0.05) is 18.3 Å². The van der Waals surface area contributed by atoms with Crippen LogP contribution in [0.3, 0.4) is 0 Å². The zero-order valence-corrected chi connectivity index (χ0v) is 9.41. The molecule has 1 heterocycles. The molecule has 0 aromatic carbocycles. The fourth-order valence-corrected chi connectivity index (χ4v) is 1.58. The standard InChI is InChI=1S/C13H19NO/c1-3-4-5-6-7-10-14-11-8-9-12(2)13(14)15/h3,8-9,11H,1,4-7,10H2,2H3. The molecule has 2 nitrogen and oxygen atoms in total. The van der Waals surface area contributed by atoms with E-state index in [4.69, 9.17) is 0 Å². The Balaban J connectivity index is 2.41. The molecule has 1 rings (SSSR count). The van der Waals surface area contributed by atoms with Crippen LogP contribution in [-0.4, -0.2) is 4.57 Å². The predicted molar refractivity (Wildman–Crippen MR) is 64.1 cm³/mol. The van der Waals surface area contributed by atoms with Crippen molar-refractivity contribution < 1.29 is 0 Å². The molecule has 0 aliphatic rings. The van der Waals surface area contributed by atoms with Crippen LogP contribution in [0.2, 0.25) is 0 Å². The number of aromatic nitrogens is 1. The minimum atomic E-state index is 0.140. The Morgan fingerprint density at radius 1 is 1.40 bits per heavy atom. The Labute approximate surface area is 91.3 Å². The molecule has 0 amide bonds. The summed E-state index contributed by atoms with van der Waals surface area (Å²) < 4.78 is 1.79. The third kappa shape index (κ3) is 3.74. The second-order valence-electron chi connectivity index (χ2n) is 3.83. The number of unbranched alkanes of at least 4 members (excludes halogenated alkanes) is 3. The van der Waals surface area contributed by atoms with E-state index in [1.54, 1.807) is 4.57 Å². The van der Waals surface area contributed by atoms with Crippen molar-refractivity contribution in [3.05, 3.63) is 46.9 Å². The van der Waals surface area contributed by atoms with Crippen molar-refractivity contribution in [3.8, 4) is 0 Å². The van der Waals surface area contributed by atoms with E-state index in [0.717, 1.165) is 31.4 Å². The fourth-order valence-electron chi connectivity index (χ4n) is 1.58. The number of nitrogens with zero attached hydrogens (tertiary/aromatic N) is 1. The SMILES string of the molecule is C=CCCCCCn1cccc(C)c1=O. The van der Waals surface area contributed by atoms with Crippen LogP contribution in [-0.2, 0) is 6.54 Å². The van der Waals surface area contributed by atoms with Crippen LogP contribution >= 0.6 is 0 Å². The number of pyridine rings is 1. The highest BCUT2D eigenvalue weighted by atomic mass is 16.1. The first-order valence-corrected chi connectivity index (χ1v) is 5.52. The molecular weight excluding hydrogens is 186 g/mol. The number of rotatable bonds is 6. The zero-order chi connectivity index (χ0) is 11.1. The molecule has 1 aromatic rings. The van der Waals surface area contributed by atoms with Gasteiger partial charge in [-0.15, -0.1) is 6.58 Å². The molecule has 0 bridgehead atoms. The van der Waals surface area contributed by atoms with Crippen LogP contribution in [0.5, 0.6) is 0 Å². The first kappa shape index (κ1) is 11.8. The first-order valence-electron chi connectivity index (χ1n) is 5.52. The third-order valence-corrected chi connectivity index (χ3v) is 2.52. The van der Waals surface area contributed by atoms with E-state index >= 15 is 0 Å². The summed E-state index contributed by atoms with van der Waals surface area (Å²) in [5.74, 6) is 0. The molecule has 0 saturated heterocycles. The molecule has 0 aliphatic heterocycles. The highest BCUT2D eigenvalue weighted by molar-refractivity contribution is 5.07. The van der Waals surface area contributed by atoms with Crippen molar-refractivity contribution in [2.45, 2.75) is 39.2 Å². The molecular formula is C13H19NO. The molecule has 0 radical (unpaired) electrons. The van der Waals surface area contributed by atoms with Gasteiger partial charge in [0.15, 0.2) is 0 Å². The van der Waals surface area contributed by atoms with Gasteiger partial charge in [-0.1, -0.05) is 18.6 Å². The van der Waals surface area contributed by atoms with Crippen molar-refractivity contribution in [1.82, 2.24) is 4.57 Å². The summed E-state index contributed by atoms with van der Waals surface area (Å²) >= 11 is 0. The maximum Gasteiger partial charge on any atom is 0.253 e. The Morgan fingerprint density at radius 2 is 2.20 bits per heavy atom. The number of hydrogen-bond donors (Lipinski definition) is 0.